The highest BCUT2D eigenvalue weighted by Crippen LogP contribution is 2.45. The maximum Gasteiger partial charge on any atom is 0.224 e. The van der Waals surface area contributed by atoms with Gasteiger partial charge in [-0.1, -0.05) is 79.3 Å². The molecule has 1 saturated carbocycles. The molecule has 2 aromatic rings. The molecule has 184 valence electrons. The first-order chi connectivity index (χ1) is 15.8. The molecule has 0 aliphatic heterocycles. The molecule has 8 heteroatoms. The second-order valence-corrected chi connectivity index (χ2v) is 12.1. The summed E-state index contributed by atoms with van der Waals surface area (Å²) >= 11 is 24.3. The van der Waals surface area contributed by atoms with Crippen molar-refractivity contribution in [1.82, 2.24) is 10.6 Å². The minimum Gasteiger partial charge on any atom is -0.355 e. The summed E-state index contributed by atoms with van der Waals surface area (Å²) in [5.74, 6) is -0.164. The van der Waals surface area contributed by atoms with Crippen LogP contribution >= 0.6 is 46.4 Å². The molecule has 34 heavy (non-hydrogen) atoms. The van der Waals surface area contributed by atoms with Gasteiger partial charge < -0.3 is 10.6 Å². The summed E-state index contributed by atoms with van der Waals surface area (Å²) in [6.07, 6.45) is 2.98. The molecule has 0 aromatic heterocycles. The summed E-state index contributed by atoms with van der Waals surface area (Å²) in [5.41, 5.74) is 1.35. The van der Waals surface area contributed by atoms with E-state index in [0.717, 1.165) is 30.4 Å². The maximum absolute atomic E-state index is 12.8. The molecule has 4 nitrogen and oxygen atoms in total. The molecule has 0 spiro atoms. The fraction of sp³-hybridized carbons (Fsp3) is 0.462. The molecule has 2 N–H and O–H groups in total. The average molecular weight is 544 g/mol. The Kier molecular flexibility index (Phi) is 8.84. The highest BCUT2D eigenvalue weighted by molar-refractivity contribution is 6.35. The van der Waals surface area contributed by atoms with Gasteiger partial charge in [0.1, 0.15) is 0 Å². The van der Waals surface area contributed by atoms with E-state index in [1.807, 2.05) is 0 Å². The second kappa shape index (κ2) is 11.1. The number of hydrogen-bond donors (Lipinski definition) is 2. The summed E-state index contributed by atoms with van der Waals surface area (Å²) in [5, 5.41) is 8.31. The van der Waals surface area contributed by atoms with Gasteiger partial charge in [0.05, 0.1) is 12.8 Å². The molecule has 0 saturated heterocycles. The summed E-state index contributed by atoms with van der Waals surface area (Å²) in [6, 6.07) is 10.3. The van der Waals surface area contributed by atoms with Gasteiger partial charge in [-0.15, -0.1) is 0 Å². The molecule has 1 fully saturated rings. The predicted molar refractivity (Wildman–Crippen MR) is 141 cm³/mol. The van der Waals surface area contributed by atoms with Crippen molar-refractivity contribution in [2.45, 2.75) is 58.9 Å². The van der Waals surface area contributed by atoms with Crippen LogP contribution in [0.2, 0.25) is 20.1 Å². The lowest BCUT2D eigenvalue weighted by Gasteiger charge is -2.47. The third kappa shape index (κ3) is 7.78. The second-order valence-electron chi connectivity index (χ2n) is 10.4. The molecular weight excluding hydrogens is 514 g/mol. The number of carbonyl (C=O) groups is 2. The molecule has 2 amide bonds. The van der Waals surface area contributed by atoms with E-state index >= 15 is 0 Å². The maximum atomic E-state index is 12.8. The fourth-order valence-corrected chi connectivity index (χ4v) is 6.15. The zero-order chi connectivity index (χ0) is 25.1. The Bertz CT molecular complexity index is 1070. The van der Waals surface area contributed by atoms with Crippen molar-refractivity contribution in [3.63, 3.8) is 0 Å². The Hall–Kier alpha value is -1.46. The molecule has 1 aliphatic rings. The summed E-state index contributed by atoms with van der Waals surface area (Å²) in [4.78, 5) is 25.4. The number of halogens is 4. The number of benzene rings is 2. The molecule has 2 atom stereocenters. The number of carbonyl (C=O) groups excluding carboxylic acids is 2. The SMILES string of the molecule is CC1(C)C[C@@H](NC(=O)Cc2ccc(Cl)cc2Cl)C[C@@](C)(CNC(=O)Cc2ccc(Cl)cc2Cl)C1. The first-order valence-electron chi connectivity index (χ1n) is 11.3. The predicted octanol–water partition coefficient (Wildman–Crippen LogP) is 6.90. The van der Waals surface area contributed by atoms with Gasteiger partial charge in [-0.3, -0.25) is 9.59 Å². The Morgan fingerprint density at radius 2 is 1.38 bits per heavy atom. The van der Waals surface area contributed by atoms with Gasteiger partial charge >= 0.3 is 0 Å². The van der Waals surface area contributed by atoms with E-state index in [-0.39, 0.29) is 41.5 Å². The topological polar surface area (TPSA) is 58.2 Å². The minimum absolute atomic E-state index is 0.00920. The number of rotatable bonds is 7. The Balaban J connectivity index is 1.59. The van der Waals surface area contributed by atoms with E-state index in [1.54, 1.807) is 36.4 Å². The van der Waals surface area contributed by atoms with E-state index in [4.69, 9.17) is 46.4 Å². The first kappa shape index (κ1) is 27.1. The zero-order valence-electron chi connectivity index (χ0n) is 19.6. The fourth-order valence-electron chi connectivity index (χ4n) is 5.20. The van der Waals surface area contributed by atoms with Crippen molar-refractivity contribution in [3.8, 4) is 0 Å². The van der Waals surface area contributed by atoms with Crippen LogP contribution in [0.15, 0.2) is 36.4 Å². The van der Waals surface area contributed by atoms with Crippen LogP contribution in [0.1, 0.15) is 51.2 Å². The van der Waals surface area contributed by atoms with Crippen LogP contribution < -0.4 is 10.6 Å². The van der Waals surface area contributed by atoms with Crippen molar-refractivity contribution in [2.24, 2.45) is 10.8 Å². The Labute approximate surface area is 221 Å². The monoisotopic (exact) mass is 542 g/mol. The normalized spacial score (nSPS) is 21.7. The number of amides is 2. The van der Waals surface area contributed by atoms with Gasteiger partial charge in [-0.05, 0) is 65.5 Å². The number of nitrogens with one attached hydrogen (secondary N) is 2. The molecule has 2 aromatic carbocycles. The van der Waals surface area contributed by atoms with Gasteiger partial charge in [0.15, 0.2) is 0 Å². The highest BCUT2D eigenvalue weighted by Gasteiger charge is 2.41. The van der Waals surface area contributed by atoms with Crippen LogP contribution in [0.25, 0.3) is 0 Å². The molecule has 0 bridgehead atoms. The van der Waals surface area contributed by atoms with Crippen molar-refractivity contribution < 1.29 is 9.59 Å². The minimum atomic E-state index is -0.156. The molecule has 3 rings (SSSR count). The van der Waals surface area contributed by atoms with Crippen molar-refractivity contribution >= 4 is 58.2 Å². The first-order valence-corrected chi connectivity index (χ1v) is 12.8. The molecular formula is C26H30Cl4N2O2. The lowest BCUT2D eigenvalue weighted by molar-refractivity contribution is -0.123. The van der Waals surface area contributed by atoms with Crippen LogP contribution in [-0.2, 0) is 22.4 Å². The lowest BCUT2D eigenvalue weighted by atomic mass is 9.62. The standard InChI is InChI=1S/C26H30Cl4N2O2/c1-25(2)12-20(32-24(34)9-17-5-7-19(28)11-22(17)30)13-26(3,14-25)15-31-23(33)8-16-4-6-18(27)10-21(16)29/h4-7,10-11,20H,8-9,12-15H2,1-3H3,(H,31,33)(H,32,34)/t20-,26-/m1/s1. The Morgan fingerprint density at radius 1 is 0.853 bits per heavy atom. The van der Waals surface area contributed by atoms with Crippen LogP contribution in [-0.4, -0.2) is 24.4 Å². The van der Waals surface area contributed by atoms with Crippen LogP contribution in [0.4, 0.5) is 0 Å². The number of hydrogen-bond acceptors (Lipinski definition) is 2. The zero-order valence-corrected chi connectivity index (χ0v) is 22.6. The van der Waals surface area contributed by atoms with Gasteiger partial charge in [-0.2, -0.15) is 0 Å². The van der Waals surface area contributed by atoms with E-state index in [9.17, 15) is 9.59 Å². The largest absolute Gasteiger partial charge is 0.355 e. The summed E-state index contributed by atoms with van der Waals surface area (Å²) in [7, 11) is 0. The highest BCUT2D eigenvalue weighted by atomic mass is 35.5. The lowest BCUT2D eigenvalue weighted by Crippen LogP contribution is -2.50. The molecule has 0 radical (unpaired) electrons. The Morgan fingerprint density at radius 3 is 1.91 bits per heavy atom. The summed E-state index contributed by atoms with van der Waals surface area (Å²) in [6.45, 7) is 7.10. The van der Waals surface area contributed by atoms with E-state index < -0.39 is 0 Å². The van der Waals surface area contributed by atoms with E-state index in [2.05, 4.69) is 31.4 Å². The third-order valence-corrected chi connectivity index (χ3v) is 7.43. The van der Waals surface area contributed by atoms with Crippen molar-refractivity contribution in [2.75, 3.05) is 6.54 Å². The third-order valence-electron chi connectivity index (χ3n) is 6.25. The quantitative estimate of drug-likeness (QED) is 0.399. The van der Waals surface area contributed by atoms with Crippen molar-refractivity contribution in [1.29, 1.82) is 0 Å². The molecule has 0 unspecified atom stereocenters. The van der Waals surface area contributed by atoms with E-state index in [1.165, 1.54) is 0 Å². The van der Waals surface area contributed by atoms with Gasteiger partial charge in [0, 0.05) is 32.7 Å². The molecule has 0 heterocycles. The van der Waals surface area contributed by atoms with Crippen LogP contribution in [0, 0.1) is 10.8 Å². The van der Waals surface area contributed by atoms with Gasteiger partial charge in [-0.25, -0.2) is 0 Å². The summed E-state index contributed by atoms with van der Waals surface area (Å²) < 4.78 is 0. The molecule has 1 aliphatic carbocycles. The van der Waals surface area contributed by atoms with Crippen LogP contribution in [0.5, 0.6) is 0 Å². The van der Waals surface area contributed by atoms with Gasteiger partial charge in [0.2, 0.25) is 11.8 Å². The van der Waals surface area contributed by atoms with Crippen LogP contribution in [0.3, 0.4) is 0 Å². The van der Waals surface area contributed by atoms with Crippen molar-refractivity contribution in [3.05, 3.63) is 67.6 Å². The average Bonchev–Trinajstić information content (AvgIpc) is 2.69. The smallest absolute Gasteiger partial charge is 0.224 e. The van der Waals surface area contributed by atoms with E-state index in [0.29, 0.717) is 26.6 Å². The van der Waals surface area contributed by atoms with Gasteiger partial charge in [0.25, 0.3) is 0 Å².